The van der Waals surface area contributed by atoms with Crippen LogP contribution in [0.3, 0.4) is 0 Å². The van der Waals surface area contributed by atoms with Crippen molar-refractivity contribution >= 4 is 5.91 Å². The Balaban J connectivity index is 1.86. The van der Waals surface area contributed by atoms with Gasteiger partial charge in [-0.1, -0.05) is 40.0 Å². The molecule has 0 aromatic heterocycles. The van der Waals surface area contributed by atoms with Crippen LogP contribution in [0.2, 0.25) is 0 Å². The van der Waals surface area contributed by atoms with Gasteiger partial charge in [0.25, 0.3) is 0 Å². The van der Waals surface area contributed by atoms with E-state index in [2.05, 4.69) is 10.6 Å². The monoisotopic (exact) mass is 238 g/mol. The number of hydrogen-bond donors (Lipinski definition) is 2. The van der Waals surface area contributed by atoms with Crippen molar-refractivity contribution < 1.29 is 4.79 Å². The lowest BCUT2D eigenvalue weighted by Crippen LogP contribution is -2.55. The lowest BCUT2D eigenvalue weighted by Gasteiger charge is -2.40. The van der Waals surface area contributed by atoms with Crippen molar-refractivity contribution in [2.45, 2.75) is 59.0 Å². The van der Waals surface area contributed by atoms with E-state index in [1.807, 2.05) is 20.8 Å². The van der Waals surface area contributed by atoms with Crippen LogP contribution in [0.1, 0.15) is 52.9 Å². The molecule has 1 saturated carbocycles. The molecule has 1 amide bonds. The SMILES string of the molecule is CC(C)(C)C(=O)NC1CC2CCCCC2CN1. The van der Waals surface area contributed by atoms with E-state index >= 15 is 0 Å². The Morgan fingerprint density at radius 2 is 1.82 bits per heavy atom. The van der Waals surface area contributed by atoms with E-state index in [9.17, 15) is 4.79 Å². The molecule has 2 aliphatic rings. The van der Waals surface area contributed by atoms with Crippen LogP contribution in [-0.2, 0) is 4.79 Å². The molecule has 3 nitrogen and oxygen atoms in total. The number of amides is 1. The summed E-state index contributed by atoms with van der Waals surface area (Å²) in [6, 6.07) is 0. The zero-order valence-corrected chi connectivity index (χ0v) is 11.4. The minimum atomic E-state index is -0.287. The molecular formula is C14H26N2O. The number of rotatable bonds is 1. The molecule has 3 atom stereocenters. The van der Waals surface area contributed by atoms with Crippen LogP contribution in [0.5, 0.6) is 0 Å². The molecule has 1 aliphatic carbocycles. The van der Waals surface area contributed by atoms with Crippen molar-refractivity contribution in [3.63, 3.8) is 0 Å². The van der Waals surface area contributed by atoms with Gasteiger partial charge < -0.3 is 5.32 Å². The van der Waals surface area contributed by atoms with Gasteiger partial charge in [-0.15, -0.1) is 0 Å². The summed E-state index contributed by atoms with van der Waals surface area (Å²) in [6.45, 7) is 6.98. The van der Waals surface area contributed by atoms with Crippen molar-refractivity contribution in [3.05, 3.63) is 0 Å². The molecule has 17 heavy (non-hydrogen) atoms. The predicted molar refractivity (Wildman–Crippen MR) is 69.5 cm³/mol. The highest BCUT2D eigenvalue weighted by atomic mass is 16.2. The van der Waals surface area contributed by atoms with Gasteiger partial charge in [0.1, 0.15) is 0 Å². The molecule has 3 unspecified atom stereocenters. The minimum absolute atomic E-state index is 0.157. The number of piperidine rings is 1. The zero-order valence-electron chi connectivity index (χ0n) is 11.4. The van der Waals surface area contributed by atoms with E-state index in [0.29, 0.717) is 0 Å². The third-order valence-electron chi connectivity index (χ3n) is 4.22. The fourth-order valence-electron chi connectivity index (χ4n) is 3.03. The van der Waals surface area contributed by atoms with E-state index in [0.717, 1.165) is 24.8 Å². The normalized spacial score (nSPS) is 33.9. The van der Waals surface area contributed by atoms with E-state index in [-0.39, 0.29) is 17.5 Å². The van der Waals surface area contributed by atoms with Crippen LogP contribution in [-0.4, -0.2) is 18.6 Å². The van der Waals surface area contributed by atoms with Gasteiger partial charge in [0.05, 0.1) is 6.17 Å². The molecule has 0 spiro atoms. The standard InChI is InChI=1S/C14H26N2O/c1-14(2,3)13(17)16-12-8-10-6-4-5-7-11(10)9-15-12/h10-12,15H,4-9H2,1-3H3,(H,16,17). The Morgan fingerprint density at radius 1 is 1.18 bits per heavy atom. The number of fused-ring (bicyclic) bond motifs is 1. The lowest BCUT2D eigenvalue weighted by molar-refractivity contribution is -0.130. The summed E-state index contributed by atoms with van der Waals surface area (Å²) in [5.41, 5.74) is -0.287. The van der Waals surface area contributed by atoms with Crippen LogP contribution in [0.4, 0.5) is 0 Å². The molecule has 98 valence electrons. The second kappa shape index (κ2) is 4.97. The molecule has 0 aromatic rings. The maximum Gasteiger partial charge on any atom is 0.226 e. The number of carbonyl (C=O) groups is 1. The topological polar surface area (TPSA) is 41.1 Å². The molecule has 2 N–H and O–H groups in total. The third-order valence-corrected chi connectivity index (χ3v) is 4.22. The van der Waals surface area contributed by atoms with Crippen LogP contribution in [0.15, 0.2) is 0 Å². The smallest absolute Gasteiger partial charge is 0.226 e. The summed E-state index contributed by atoms with van der Waals surface area (Å²) in [7, 11) is 0. The molecule has 0 radical (unpaired) electrons. The summed E-state index contributed by atoms with van der Waals surface area (Å²) in [6.07, 6.45) is 6.81. The molecule has 1 heterocycles. The predicted octanol–water partition coefficient (Wildman–Crippen LogP) is 2.27. The summed E-state index contributed by atoms with van der Waals surface area (Å²) < 4.78 is 0. The van der Waals surface area contributed by atoms with Gasteiger partial charge in [0.15, 0.2) is 0 Å². The van der Waals surface area contributed by atoms with Crippen molar-refractivity contribution in [2.24, 2.45) is 17.3 Å². The Bertz CT molecular complexity index is 282. The van der Waals surface area contributed by atoms with Crippen LogP contribution < -0.4 is 10.6 Å². The van der Waals surface area contributed by atoms with Gasteiger partial charge in [-0.05, 0) is 24.7 Å². The highest BCUT2D eigenvalue weighted by molar-refractivity contribution is 5.81. The van der Waals surface area contributed by atoms with Crippen LogP contribution >= 0.6 is 0 Å². The van der Waals surface area contributed by atoms with Gasteiger partial charge in [-0.3, -0.25) is 10.1 Å². The Kier molecular flexibility index (Phi) is 3.76. The van der Waals surface area contributed by atoms with Gasteiger partial charge in [-0.2, -0.15) is 0 Å². The lowest BCUT2D eigenvalue weighted by atomic mass is 9.75. The average molecular weight is 238 g/mol. The molecule has 2 fully saturated rings. The average Bonchev–Trinajstić information content (AvgIpc) is 2.27. The van der Waals surface area contributed by atoms with Gasteiger partial charge in [0, 0.05) is 12.0 Å². The number of carbonyl (C=O) groups excluding carboxylic acids is 1. The van der Waals surface area contributed by atoms with Gasteiger partial charge in [0.2, 0.25) is 5.91 Å². The first-order chi connectivity index (χ1) is 7.97. The second-order valence-electron chi connectivity index (χ2n) is 6.72. The van der Waals surface area contributed by atoms with Crippen molar-refractivity contribution in [2.75, 3.05) is 6.54 Å². The van der Waals surface area contributed by atoms with E-state index in [4.69, 9.17) is 0 Å². The Hall–Kier alpha value is -0.570. The van der Waals surface area contributed by atoms with Gasteiger partial charge in [-0.25, -0.2) is 0 Å². The molecule has 1 saturated heterocycles. The van der Waals surface area contributed by atoms with Crippen molar-refractivity contribution in [3.8, 4) is 0 Å². The molecule has 2 rings (SSSR count). The summed E-state index contributed by atoms with van der Waals surface area (Å²) in [5.74, 6) is 1.84. The highest BCUT2D eigenvalue weighted by Crippen LogP contribution is 2.35. The molecule has 0 aromatic carbocycles. The first-order valence-electron chi connectivity index (χ1n) is 7.01. The number of nitrogens with one attached hydrogen (secondary N) is 2. The second-order valence-corrected chi connectivity index (χ2v) is 6.72. The molecular weight excluding hydrogens is 212 g/mol. The van der Waals surface area contributed by atoms with Crippen LogP contribution in [0, 0.1) is 17.3 Å². The minimum Gasteiger partial charge on any atom is -0.340 e. The van der Waals surface area contributed by atoms with Crippen molar-refractivity contribution in [1.82, 2.24) is 10.6 Å². The summed E-state index contributed by atoms with van der Waals surface area (Å²) >= 11 is 0. The first-order valence-corrected chi connectivity index (χ1v) is 7.01. The highest BCUT2D eigenvalue weighted by Gasteiger charge is 2.33. The third kappa shape index (κ3) is 3.21. The van der Waals surface area contributed by atoms with E-state index < -0.39 is 0 Å². The van der Waals surface area contributed by atoms with Crippen molar-refractivity contribution in [1.29, 1.82) is 0 Å². The maximum atomic E-state index is 11.9. The Morgan fingerprint density at radius 3 is 2.47 bits per heavy atom. The maximum absolute atomic E-state index is 11.9. The fourth-order valence-corrected chi connectivity index (χ4v) is 3.03. The van der Waals surface area contributed by atoms with Crippen LogP contribution in [0.25, 0.3) is 0 Å². The summed E-state index contributed by atoms with van der Waals surface area (Å²) in [4.78, 5) is 11.9. The van der Waals surface area contributed by atoms with Gasteiger partial charge >= 0.3 is 0 Å². The fraction of sp³-hybridized carbons (Fsp3) is 0.929. The number of hydrogen-bond acceptors (Lipinski definition) is 2. The molecule has 1 aliphatic heterocycles. The summed E-state index contributed by atoms with van der Waals surface area (Å²) in [5, 5.41) is 6.63. The van der Waals surface area contributed by atoms with E-state index in [1.165, 1.54) is 25.7 Å². The first kappa shape index (κ1) is 12.9. The van der Waals surface area contributed by atoms with E-state index in [1.54, 1.807) is 0 Å². The largest absolute Gasteiger partial charge is 0.340 e. The Labute approximate surface area is 105 Å². The molecule has 0 bridgehead atoms. The molecule has 3 heteroatoms. The quantitative estimate of drug-likeness (QED) is 0.736. The zero-order chi connectivity index (χ0) is 12.5.